The lowest BCUT2D eigenvalue weighted by molar-refractivity contribution is -0.140. The highest BCUT2D eigenvalue weighted by atomic mass is 19.4. The van der Waals surface area contributed by atoms with Crippen LogP contribution in [0.3, 0.4) is 0 Å². The number of nitrogens with one attached hydrogen (secondary N) is 1. The number of halogens is 3. The van der Waals surface area contributed by atoms with Gasteiger partial charge in [0.15, 0.2) is 5.82 Å². The minimum Gasteiger partial charge on any atom is -0.496 e. The Balaban J connectivity index is 2.02. The average Bonchev–Trinajstić information content (AvgIpc) is 2.77. The number of hydrogen-bond acceptors (Lipinski definition) is 7. The first-order chi connectivity index (χ1) is 15.6. The summed E-state index contributed by atoms with van der Waals surface area (Å²) in [6.07, 6.45) is -1.95. The number of methoxy groups -OCH3 is 2. The molecule has 1 unspecified atom stereocenters. The molecule has 1 aromatic carbocycles. The maximum Gasteiger partial charge on any atom is 0.416 e. The predicted molar refractivity (Wildman–Crippen MR) is 118 cm³/mol. The van der Waals surface area contributed by atoms with E-state index in [1.54, 1.807) is 0 Å². The summed E-state index contributed by atoms with van der Waals surface area (Å²) in [4.78, 5) is 14.0. The molecule has 33 heavy (non-hydrogen) atoms. The summed E-state index contributed by atoms with van der Waals surface area (Å²) in [6, 6.07) is 3.47. The molecule has 0 saturated carbocycles. The summed E-state index contributed by atoms with van der Waals surface area (Å²) in [7, 11) is 4.70. The Kier molecular flexibility index (Phi) is 7.78. The highest BCUT2D eigenvalue weighted by Gasteiger charge is 2.32. The Bertz CT molecular complexity index is 998. The van der Waals surface area contributed by atoms with E-state index in [1.165, 1.54) is 20.3 Å². The SMILES string of the molecule is COC(=O)CCc1c(NC2CCCN(C)C2)nnc(-c2ccc(C(F)(F)F)cc2OC)c1C. The van der Waals surface area contributed by atoms with Crippen molar-refractivity contribution in [1.82, 2.24) is 15.1 Å². The first-order valence-electron chi connectivity index (χ1n) is 10.8. The Hall–Kier alpha value is -2.88. The minimum atomic E-state index is -4.49. The van der Waals surface area contributed by atoms with Gasteiger partial charge in [0.05, 0.1) is 25.5 Å². The zero-order valence-corrected chi connectivity index (χ0v) is 19.3. The lowest BCUT2D eigenvalue weighted by atomic mass is 9.97. The van der Waals surface area contributed by atoms with Crippen LogP contribution in [0.25, 0.3) is 11.3 Å². The number of alkyl halides is 3. The molecule has 0 spiro atoms. The molecule has 0 aliphatic carbocycles. The van der Waals surface area contributed by atoms with Gasteiger partial charge in [0.25, 0.3) is 0 Å². The first-order valence-corrected chi connectivity index (χ1v) is 10.8. The number of esters is 1. The van der Waals surface area contributed by atoms with Crippen LogP contribution in [0.2, 0.25) is 0 Å². The number of anilines is 1. The normalized spacial score (nSPS) is 17.0. The van der Waals surface area contributed by atoms with Gasteiger partial charge in [-0.3, -0.25) is 4.79 Å². The van der Waals surface area contributed by atoms with Crippen LogP contribution in [0.1, 0.15) is 36.0 Å². The van der Waals surface area contributed by atoms with Crippen molar-refractivity contribution < 1.29 is 27.4 Å². The Morgan fingerprint density at radius 1 is 1.27 bits per heavy atom. The fraction of sp³-hybridized carbons (Fsp3) is 0.522. The Morgan fingerprint density at radius 3 is 2.67 bits per heavy atom. The second-order valence-electron chi connectivity index (χ2n) is 8.24. The number of hydrogen-bond donors (Lipinski definition) is 1. The maximum absolute atomic E-state index is 13.2. The van der Waals surface area contributed by atoms with E-state index in [0.29, 0.717) is 23.5 Å². The van der Waals surface area contributed by atoms with Gasteiger partial charge in [-0.15, -0.1) is 10.2 Å². The molecule has 2 aromatic rings. The largest absolute Gasteiger partial charge is 0.496 e. The summed E-state index contributed by atoms with van der Waals surface area (Å²) in [5.41, 5.74) is 1.50. The molecule has 1 aliphatic heterocycles. The molecule has 1 atom stereocenters. The van der Waals surface area contributed by atoms with Crippen molar-refractivity contribution in [3.8, 4) is 17.0 Å². The van der Waals surface area contributed by atoms with E-state index in [2.05, 4.69) is 27.5 Å². The van der Waals surface area contributed by atoms with Gasteiger partial charge in [0.2, 0.25) is 0 Å². The van der Waals surface area contributed by atoms with Crippen molar-refractivity contribution in [1.29, 1.82) is 0 Å². The number of likely N-dealkylation sites (tertiary alicyclic amines) is 1. The molecule has 0 bridgehead atoms. The third-order valence-corrected chi connectivity index (χ3v) is 5.90. The average molecular weight is 467 g/mol. The molecule has 1 N–H and O–H groups in total. The molecule has 3 rings (SSSR count). The molecule has 2 heterocycles. The molecule has 0 amide bonds. The van der Waals surface area contributed by atoms with Crippen LogP contribution in [0.5, 0.6) is 5.75 Å². The highest BCUT2D eigenvalue weighted by molar-refractivity contribution is 5.74. The van der Waals surface area contributed by atoms with E-state index in [0.717, 1.165) is 49.2 Å². The van der Waals surface area contributed by atoms with Crippen LogP contribution in [0, 0.1) is 6.92 Å². The second-order valence-corrected chi connectivity index (χ2v) is 8.24. The van der Waals surface area contributed by atoms with Gasteiger partial charge in [-0.25, -0.2) is 0 Å². The fourth-order valence-electron chi connectivity index (χ4n) is 4.10. The Labute approximate surface area is 191 Å². The van der Waals surface area contributed by atoms with Crippen LogP contribution >= 0.6 is 0 Å². The zero-order valence-electron chi connectivity index (χ0n) is 19.3. The number of rotatable bonds is 7. The van der Waals surface area contributed by atoms with Gasteiger partial charge >= 0.3 is 12.1 Å². The van der Waals surface area contributed by atoms with Gasteiger partial charge < -0.3 is 19.7 Å². The van der Waals surface area contributed by atoms with Crippen molar-refractivity contribution in [3.05, 3.63) is 34.9 Å². The van der Waals surface area contributed by atoms with E-state index in [9.17, 15) is 18.0 Å². The summed E-state index contributed by atoms with van der Waals surface area (Å²) in [6.45, 7) is 3.71. The number of ether oxygens (including phenoxy) is 2. The molecule has 7 nitrogen and oxygen atoms in total. The van der Waals surface area contributed by atoms with E-state index in [-0.39, 0.29) is 24.2 Å². The van der Waals surface area contributed by atoms with Crippen LogP contribution in [0.4, 0.5) is 19.0 Å². The number of carbonyl (C=O) groups excluding carboxylic acids is 1. The van der Waals surface area contributed by atoms with Crippen molar-refractivity contribution in [2.75, 3.05) is 39.7 Å². The molecule has 10 heteroatoms. The van der Waals surface area contributed by atoms with Gasteiger partial charge in [0, 0.05) is 30.1 Å². The lowest BCUT2D eigenvalue weighted by Gasteiger charge is -2.31. The van der Waals surface area contributed by atoms with Crippen LogP contribution in [0.15, 0.2) is 18.2 Å². The second kappa shape index (κ2) is 10.4. The topological polar surface area (TPSA) is 76.6 Å². The zero-order chi connectivity index (χ0) is 24.2. The van der Waals surface area contributed by atoms with E-state index >= 15 is 0 Å². The number of nitrogens with zero attached hydrogens (tertiary/aromatic N) is 3. The number of piperidine rings is 1. The third kappa shape index (κ3) is 5.93. The summed E-state index contributed by atoms with van der Waals surface area (Å²) in [5, 5.41) is 12.2. The Morgan fingerprint density at radius 2 is 2.03 bits per heavy atom. The van der Waals surface area contributed by atoms with Crippen molar-refractivity contribution in [2.24, 2.45) is 0 Å². The number of aromatic nitrogens is 2. The fourth-order valence-corrected chi connectivity index (χ4v) is 4.10. The van der Waals surface area contributed by atoms with Crippen LogP contribution < -0.4 is 10.1 Å². The first kappa shape index (κ1) is 24.8. The standard InChI is InChI=1S/C23H29F3N4O3/c1-14-17(9-10-20(31)33-4)22(27-16-6-5-11-30(2)13-16)29-28-21(14)18-8-7-15(23(24,25)26)12-19(18)32-3/h7-8,12,16H,5-6,9-11,13H2,1-4H3,(H,27,29). The molecule has 180 valence electrons. The summed E-state index contributed by atoms with van der Waals surface area (Å²) in [5.74, 6) is 0.269. The molecular formula is C23H29F3N4O3. The number of carbonyl (C=O) groups is 1. The van der Waals surface area contributed by atoms with Crippen molar-refractivity contribution in [2.45, 2.75) is 44.8 Å². The van der Waals surface area contributed by atoms with E-state index in [4.69, 9.17) is 9.47 Å². The summed E-state index contributed by atoms with van der Waals surface area (Å²) >= 11 is 0. The van der Waals surface area contributed by atoms with Crippen molar-refractivity contribution in [3.63, 3.8) is 0 Å². The van der Waals surface area contributed by atoms with E-state index < -0.39 is 11.7 Å². The molecule has 1 aromatic heterocycles. The van der Waals surface area contributed by atoms with Gasteiger partial charge in [0.1, 0.15) is 5.75 Å². The van der Waals surface area contributed by atoms with Gasteiger partial charge in [-0.1, -0.05) is 0 Å². The molecule has 0 radical (unpaired) electrons. The van der Waals surface area contributed by atoms with E-state index in [1.807, 2.05) is 6.92 Å². The van der Waals surface area contributed by atoms with Crippen molar-refractivity contribution >= 4 is 11.8 Å². The summed E-state index contributed by atoms with van der Waals surface area (Å²) < 4.78 is 49.5. The smallest absolute Gasteiger partial charge is 0.416 e. The highest BCUT2D eigenvalue weighted by Crippen LogP contribution is 2.38. The minimum absolute atomic E-state index is 0.0516. The lowest BCUT2D eigenvalue weighted by Crippen LogP contribution is -2.40. The molecular weight excluding hydrogens is 437 g/mol. The monoisotopic (exact) mass is 466 g/mol. The number of likely N-dealkylation sites (N-methyl/N-ethyl adjacent to an activating group) is 1. The van der Waals surface area contributed by atoms with Gasteiger partial charge in [-0.05, 0) is 63.5 Å². The maximum atomic E-state index is 13.2. The number of benzene rings is 1. The van der Waals surface area contributed by atoms with Crippen LogP contribution in [-0.4, -0.2) is 61.5 Å². The molecule has 1 fully saturated rings. The quantitative estimate of drug-likeness (QED) is 0.616. The molecule has 1 saturated heterocycles. The van der Waals surface area contributed by atoms with Crippen LogP contribution in [-0.2, 0) is 22.1 Å². The van der Waals surface area contributed by atoms with Gasteiger partial charge in [-0.2, -0.15) is 13.2 Å². The molecule has 1 aliphatic rings. The third-order valence-electron chi connectivity index (χ3n) is 5.90. The predicted octanol–water partition coefficient (Wildman–Crippen LogP) is 4.09.